The number of halogens is 3. The molecule has 1 amide bonds. The maximum Gasteiger partial charge on any atom is 0.586 e. The number of rotatable bonds is 6. The van der Waals surface area contributed by atoms with E-state index in [9.17, 15) is 18.4 Å². The number of nitrogens with one attached hydrogen (secondary N) is 1. The van der Waals surface area contributed by atoms with Gasteiger partial charge in [0.2, 0.25) is 5.91 Å². The van der Waals surface area contributed by atoms with Gasteiger partial charge in [0, 0.05) is 47.2 Å². The molecule has 40 heavy (non-hydrogen) atoms. The van der Waals surface area contributed by atoms with Crippen molar-refractivity contribution in [1.82, 2.24) is 19.7 Å². The van der Waals surface area contributed by atoms with Crippen LogP contribution in [0.5, 0.6) is 11.5 Å². The number of fused-ring (bicyclic) bond motifs is 2. The highest BCUT2D eigenvalue weighted by Gasteiger charge is 2.44. The Bertz CT molecular complexity index is 1710. The summed E-state index contributed by atoms with van der Waals surface area (Å²) < 4.78 is 37.3. The minimum Gasteiger partial charge on any atom is -0.395 e. The van der Waals surface area contributed by atoms with E-state index in [1.165, 1.54) is 29.4 Å². The fourth-order valence-corrected chi connectivity index (χ4v) is 5.56. The van der Waals surface area contributed by atoms with Crippen LogP contribution in [-0.4, -0.2) is 51.1 Å². The number of hydrogen-bond donors (Lipinski definition) is 1. The normalized spacial score (nSPS) is 17.5. The summed E-state index contributed by atoms with van der Waals surface area (Å²) >= 11 is 6.49. The molecule has 4 aromatic rings. The molecular formula is C27H23ClF2N6O4. The Balaban J connectivity index is 1.25. The maximum atomic E-state index is 13.6. The van der Waals surface area contributed by atoms with Crippen molar-refractivity contribution in [1.29, 1.82) is 0 Å². The molecule has 10 nitrogen and oxygen atoms in total. The molecule has 0 spiro atoms. The molecule has 0 radical (unpaired) electrons. The number of hydrogen-bond acceptors (Lipinski definition) is 7. The van der Waals surface area contributed by atoms with Gasteiger partial charge in [-0.2, -0.15) is 5.10 Å². The number of aromatic amines is 1. The Morgan fingerprint density at radius 3 is 2.67 bits per heavy atom. The first-order chi connectivity index (χ1) is 19.3. The van der Waals surface area contributed by atoms with E-state index in [2.05, 4.69) is 29.4 Å². The number of aromatic nitrogens is 4. The van der Waals surface area contributed by atoms with Crippen LogP contribution in [0.2, 0.25) is 5.02 Å². The van der Waals surface area contributed by atoms with Crippen LogP contribution in [0.15, 0.2) is 47.5 Å². The molecule has 0 unspecified atom stereocenters. The molecule has 1 aliphatic carbocycles. The lowest BCUT2D eigenvalue weighted by Crippen LogP contribution is -2.39. The van der Waals surface area contributed by atoms with E-state index >= 15 is 0 Å². The van der Waals surface area contributed by atoms with Crippen molar-refractivity contribution in [2.75, 3.05) is 22.9 Å². The SMILES string of the molecule is O=C(Cn1nc(-c2cc(Cl)cc(N3CCCC3)c2)c2nc[nH]c2c1=O)N(c1ccc2c(c1)OC(F)(F)O2)C1CC1. The molecule has 4 heterocycles. The minimum atomic E-state index is -3.77. The molecule has 2 aromatic heterocycles. The number of amides is 1. The van der Waals surface area contributed by atoms with Gasteiger partial charge in [0.05, 0.1) is 6.33 Å². The van der Waals surface area contributed by atoms with Crippen molar-refractivity contribution in [3.05, 3.63) is 58.1 Å². The number of carbonyl (C=O) groups excluding carboxylic acids is 1. The van der Waals surface area contributed by atoms with E-state index < -0.39 is 17.8 Å². The number of imidazole rings is 1. The van der Waals surface area contributed by atoms with Gasteiger partial charge in [-0.3, -0.25) is 9.59 Å². The molecule has 1 N–H and O–H groups in total. The van der Waals surface area contributed by atoms with E-state index in [4.69, 9.17) is 11.6 Å². The lowest BCUT2D eigenvalue weighted by atomic mass is 10.1. The number of H-pyrrole nitrogens is 1. The number of ether oxygens (including phenoxy) is 2. The highest BCUT2D eigenvalue weighted by atomic mass is 35.5. The molecular weight excluding hydrogens is 546 g/mol. The van der Waals surface area contributed by atoms with Gasteiger partial charge in [-0.05, 0) is 56.0 Å². The molecule has 2 fully saturated rings. The van der Waals surface area contributed by atoms with Crippen LogP contribution < -0.4 is 24.8 Å². The number of alkyl halides is 2. The fraction of sp³-hybridized carbons (Fsp3) is 0.333. The Labute approximate surface area is 231 Å². The third-order valence-corrected chi connectivity index (χ3v) is 7.51. The zero-order valence-electron chi connectivity index (χ0n) is 21.1. The largest absolute Gasteiger partial charge is 0.586 e. The highest BCUT2D eigenvalue weighted by molar-refractivity contribution is 6.31. The second-order valence-corrected chi connectivity index (χ2v) is 10.6. The summed E-state index contributed by atoms with van der Waals surface area (Å²) in [6.45, 7) is 1.47. The Morgan fingerprint density at radius 2 is 1.90 bits per heavy atom. The predicted octanol–water partition coefficient (Wildman–Crippen LogP) is 4.56. The van der Waals surface area contributed by atoms with Crippen molar-refractivity contribution in [3.8, 4) is 22.8 Å². The Hall–Kier alpha value is -4.19. The molecule has 3 aliphatic rings. The van der Waals surface area contributed by atoms with Gasteiger partial charge in [0.1, 0.15) is 23.3 Å². The van der Waals surface area contributed by atoms with Crippen molar-refractivity contribution < 1.29 is 23.0 Å². The van der Waals surface area contributed by atoms with Gasteiger partial charge >= 0.3 is 6.29 Å². The molecule has 7 rings (SSSR count). The molecule has 0 atom stereocenters. The molecule has 2 aromatic carbocycles. The summed E-state index contributed by atoms with van der Waals surface area (Å²) in [6, 6.07) is 9.69. The summed E-state index contributed by atoms with van der Waals surface area (Å²) in [5.74, 6) is -0.692. The van der Waals surface area contributed by atoms with Crippen LogP contribution in [0.3, 0.4) is 0 Å². The third-order valence-electron chi connectivity index (χ3n) is 7.29. The van der Waals surface area contributed by atoms with Gasteiger partial charge in [-0.15, -0.1) is 8.78 Å². The fourth-order valence-electron chi connectivity index (χ4n) is 5.33. The predicted molar refractivity (Wildman–Crippen MR) is 143 cm³/mol. The van der Waals surface area contributed by atoms with E-state index in [0.29, 0.717) is 27.5 Å². The first-order valence-electron chi connectivity index (χ1n) is 13.0. The summed E-state index contributed by atoms with van der Waals surface area (Å²) in [7, 11) is 0. The zero-order chi connectivity index (χ0) is 27.6. The van der Waals surface area contributed by atoms with Gasteiger partial charge in [0.25, 0.3) is 5.56 Å². The molecule has 1 saturated carbocycles. The maximum absolute atomic E-state index is 13.6. The Kier molecular flexibility index (Phi) is 5.70. The van der Waals surface area contributed by atoms with Gasteiger partial charge in [0.15, 0.2) is 11.5 Å². The van der Waals surface area contributed by atoms with Gasteiger partial charge in [-0.25, -0.2) is 9.67 Å². The second kappa shape index (κ2) is 9.19. The van der Waals surface area contributed by atoms with Crippen molar-refractivity contribution in [3.63, 3.8) is 0 Å². The van der Waals surface area contributed by atoms with E-state index in [1.807, 2.05) is 12.1 Å². The van der Waals surface area contributed by atoms with E-state index in [1.54, 1.807) is 6.07 Å². The quantitative estimate of drug-likeness (QED) is 0.363. The number of anilines is 2. The van der Waals surface area contributed by atoms with Gasteiger partial charge < -0.3 is 24.3 Å². The van der Waals surface area contributed by atoms with E-state index in [-0.39, 0.29) is 29.6 Å². The first kappa shape index (κ1) is 24.8. The average molecular weight is 569 g/mol. The second-order valence-electron chi connectivity index (χ2n) is 10.1. The van der Waals surface area contributed by atoms with Crippen LogP contribution >= 0.6 is 11.6 Å². The number of nitrogens with zero attached hydrogens (tertiary/aromatic N) is 5. The molecule has 13 heteroatoms. The summed E-state index contributed by atoms with van der Waals surface area (Å²) in [5.41, 5.74) is 2.48. The number of carbonyl (C=O) groups is 1. The summed E-state index contributed by atoms with van der Waals surface area (Å²) in [6.07, 6.45) is 1.32. The van der Waals surface area contributed by atoms with E-state index in [0.717, 1.165) is 49.1 Å². The molecule has 206 valence electrons. The lowest BCUT2D eigenvalue weighted by molar-refractivity contribution is -0.286. The van der Waals surface area contributed by atoms with Crippen molar-refractivity contribution in [2.24, 2.45) is 0 Å². The molecule has 1 saturated heterocycles. The van der Waals surface area contributed by atoms with Crippen LogP contribution in [0.1, 0.15) is 25.7 Å². The van der Waals surface area contributed by atoms with Crippen LogP contribution in [0.4, 0.5) is 20.2 Å². The topological polar surface area (TPSA) is 106 Å². The first-order valence-corrected chi connectivity index (χ1v) is 13.4. The zero-order valence-corrected chi connectivity index (χ0v) is 21.8. The standard InChI is InChI=1S/C27H23ClF2N6O4/c28-16-9-15(10-19(11-16)34-7-1-2-8-34)23-24-25(32-14-31-24)26(38)35(33-23)13-22(37)36(17-3-4-17)18-5-6-20-21(12-18)40-27(29,30)39-20/h5-6,9-12,14,17H,1-4,7-8,13H2,(H,31,32). The lowest BCUT2D eigenvalue weighted by Gasteiger charge is -2.23. The number of benzene rings is 2. The minimum absolute atomic E-state index is 0.112. The van der Waals surface area contributed by atoms with Gasteiger partial charge in [-0.1, -0.05) is 11.6 Å². The monoisotopic (exact) mass is 568 g/mol. The van der Waals surface area contributed by atoms with Crippen LogP contribution in [-0.2, 0) is 11.3 Å². The summed E-state index contributed by atoms with van der Waals surface area (Å²) in [5, 5.41) is 5.10. The molecule has 0 bridgehead atoms. The van der Waals surface area contributed by atoms with Crippen molar-refractivity contribution >= 4 is 39.9 Å². The van der Waals surface area contributed by atoms with Crippen LogP contribution in [0, 0.1) is 0 Å². The highest BCUT2D eigenvalue weighted by Crippen LogP contribution is 2.44. The third kappa shape index (κ3) is 4.41. The average Bonchev–Trinajstić information content (AvgIpc) is 3.29. The van der Waals surface area contributed by atoms with Crippen LogP contribution in [0.25, 0.3) is 22.3 Å². The van der Waals surface area contributed by atoms with Crippen molar-refractivity contribution in [2.45, 2.75) is 44.6 Å². The smallest absolute Gasteiger partial charge is 0.395 e. The summed E-state index contributed by atoms with van der Waals surface area (Å²) in [4.78, 5) is 37.9. The molecule has 2 aliphatic heterocycles. The Morgan fingerprint density at radius 1 is 1.12 bits per heavy atom.